The van der Waals surface area contributed by atoms with Crippen molar-refractivity contribution in [3.63, 3.8) is 0 Å². The minimum Gasteiger partial charge on any atom is -0.452 e. The molecular weight excluding hydrogens is 428 g/mol. The van der Waals surface area contributed by atoms with Crippen LogP contribution in [0, 0.1) is 11.8 Å². The summed E-state index contributed by atoms with van der Waals surface area (Å²) in [4.78, 5) is 24.7. The second-order valence-electron chi connectivity index (χ2n) is 8.35. The molecule has 2 aromatic carbocycles. The third-order valence-corrected chi connectivity index (χ3v) is 8.02. The monoisotopic (exact) mass is 458 g/mol. The van der Waals surface area contributed by atoms with Crippen LogP contribution >= 0.6 is 0 Å². The lowest BCUT2D eigenvalue weighted by Gasteiger charge is -2.34. The molecule has 8 heteroatoms. The number of carbonyl (C=O) groups excluding carboxylic acids is 2. The van der Waals surface area contributed by atoms with Crippen LogP contribution in [0.15, 0.2) is 59.5 Å². The molecule has 0 spiro atoms. The molecule has 0 radical (unpaired) electrons. The average molecular weight is 459 g/mol. The van der Waals surface area contributed by atoms with Gasteiger partial charge in [0, 0.05) is 13.1 Å². The maximum atomic E-state index is 13.0. The molecule has 7 nitrogen and oxygen atoms in total. The first-order chi connectivity index (χ1) is 15.2. The van der Waals surface area contributed by atoms with E-state index in [1.54, 1.807) is 30.3 Å². The van der Waals surface area contributed by atoms with E-state index >= 15 is 0 Å². The summed E-state index contributed by atoms with van der Waals surface area (Å²) >= 11 is 0. The van der Waals surface area contributed by atoms with E-state index in [0.717, 1.165) is 23.6 Å². The Kier molecular flexibility index (Phi) is 7.56. The summed E-state index contributed by atoms with van der Waals surface area (Å²) < 4.78 is 32.2. The first kappa shape index (κ1) is 23.8. The fraction of sp³-hybridized carbons (Fsp3) is 0.417. The maximum Gasteiger partial charge on any atom is 0.338 e. The first-order valence-electron chi connectivity index (χ1n) is 10.8. The molecule has 0 heterocycles. The quantitative estimate of drug-likeness (QED) is 0.640. The second kappa shape index (κ2) is 10.2. The van der Waals surface area contributed by atoms with Crippen molar-refractivity contribution in [1.29, 1.82) is 0 Å². The molecule has 0 aromatic heterocycles. The van der Waals surface area contributed by atoms with E-state index < -0.39 is 22.6 Å². The van der Waals surface area contributed by atoms with Crippen LogP contribution in [0.4, 0.5) is 5.69 Å². The van der Waals surface area contributed by atoms with Gasteiger partial charge in [0.05, 0.1) is 16.1 Å². The van der Waals surface area contributed by atoms with Gasteiger partial charge in [-0.3, -0.25) is 9.10 Å². The van der Waals surface area contributed by atoms with Gasteiger partial charge in [-0.2, -0.15) is 0 Å². The standard InChI is InChI=1S/C24H30N2O5S/c1-17-9-7-14-22(18(17)2)25-23(27)16-31-24(28)19-10-8-13-21(15-19)32(29,30)26(3)20-11-5-4-6-12-20/h4-6,8,10-13,15,17-18,22H,7,9,14,16H2,1-3H3,(H,25,27)/t17-,18-,22-/m1/s1. The van der Waals surface area contributed by atoms with Gasteiger partial charge in [0.15, 0.2) is 6.61 Å². The Labute approximate surface area is 189 Å². The lowest BCUT2D eigenvalue weighted by molar-refractivity contribution is -0.125. The van der Waals surface area contributed by atoms with E-state index in [-0.39, 0.29) is 22.4 Å². The van der Waals surface area contributed by atoms with Crippen LogP contribution in [0.1, 0.15) is 43.5 Å². The number of esters is 1. The Morgan fingerprint density at radius 3 is 2.50 bits per heavy atom. The molecule has 2 aromatic rings. The van der Waals surface area contributed by atoms with Gasteiger partial charge in [0.2, 0.25) is 0 Å². The number of amides is 1. The molecule has 1 fully saturated rings. The average Bonchev–Trinajstić information content (AvgIpc) is 2.80. The number of sulfonamides is 1. The van der Waals surface area contributed by atoms with E-state index in [1.165, 1.54) is 31.3 Å². The van der Waals surface area contributed by atoms with Crippen molar-refractivity contribution < 1.29 is 22.7 Å². The Bertz CT molecular complexity index is 1060. The predicted molar refractivity (Wildman–Crippen MR) is 123 cm³/mol. The van der Waals surface area contributed by atoms with Crippen molar-refractivity contribution in [3.05, 3.63) is 60.2 Å². The number of anilines is 1. The van der Waals surface area contributed by atoms with E-state index in [9.17, 15) is 18.0 Å². The van der Waals surface area contributed by atoms with Crippen LogP contribution in [0.2, 0.25) is 0 Å². The van der Waals surface area contributed by atoms with E-state index in [4.69, 9.17) is 4.74 Å². The second-order valence-corrected chi connectivity index (χ2v) is 10.3. The van der Waals surface area contributed by atoms with Crippen molar-refractivity contribution in [2.75, 3.05) is 18.0 Å². The van der Waals surface area contributed by atoms with E-state index in [2.05, 4.69) is 19.2 Å². The molecule has 3 rings (SSSR count). The van der Waals surface area contributed by atoms with Crippen molar-refractivity contribution >= 4 is 27.6 Å². The van der Waals surface area contributed by atoms with Gasteiger partial charge < -0.3 is 10.1 Å². The number of ether oxygens (including phenoxy) is 1. The molecule has 0 aliphatic heterocycles. The van der Waals surface area contributed by atoms with Crippen molar-refractivity contribution in [2.45, 2.75) is 44.0 Å². The summed E-state index contributed by atoms with van der Waals surface area (Å²) in [6.45, 7) is 3.90. The molecular formula is C24H30N2O5S. The number of rotatable bonds is 7. The van der Waals surface area contributed by atoms with Gasteiger partial charge >= 0.3 is 5.97 Å². The van der Waals surface area contributed by atoms with Crippen molar-refractivity contribution in [3.8, 4) is 0 Å². The highest BCUT2D eigenvalue weighted by Crippen LogP contribution is 2.29. The lowest BCUT2D eigenvalue weighted by atomic mass is 9.78. The zero-order valence-corrected chi connectivity index (χ0v) is 19.5. The molecule has 0 saturated heterocycles. The number of para-hydroxylation sites is 1. The van der Waals surface area contributed by atoms with Crippen LogP contribution in [-0.2, 0) is 19.6 Å². The van der Waals surface area contributed by atoms with Gasteiger partial charge in [0.1, 0.15) is 0 Å². The fourth-order valence-electron chi connectivity index (χ4n) is 3.97. The number of hydrogen-bond acceptors (Lipinski definition) is 5. The highest BCUT2D eigenvalue weighted by atomic mass is 32.2. The van der Waals surface area contributed by atoms with Gasteiger partial charge in [-0.25, -0.2) is 13.2 Å². The minimum absolute atomic E-state index is 0.0345. The van der Waals surface area contributed by atoms with Crippen LogP contribution in [-0.4, -0.2) is 40.0 Å². The number of benzene rings is 2. The van der Waals surface area contributed by atoms with Gasteiger partial charge in [-0.15, -0.1) is 0 Å². The molecule has 172 valence electrons. The van der Waals surface area contributed by atoms with Crippen LogP contribution < -0.4 is 9.62 Å². The molecule has 1 amide bonds. The van der Waals surface area contributed by atoms with E-state index in [0.29, 0.717) is 17.5 Å². The smallest absolute Gasteiger partial charge is 0.338 e. The first-order valence-corrected chi connectivity index (χ1v) is 12.2. The third kappa shape index (κ3) is 5.48. The van der Waals surface area contributed by atoms with Gasteiger partial charge in [-0.1, -0.05) is 51.0 Å². The molecule has 32 heavy (non-hydrogen) atoms. The molecule has 1 aliphatic rings. The van der Waals surface area contributed by atoms with Crippen LogP contribution in [0.5, 0.6) is 0 Å². The Hall–Kier alpha value is -2.87. The number of carbonyl (C=O) groups is 2. The highest BCUT2D eigenvalue weighted by Gasteiger charge is 2.28. The predicted octanol–water partition coefficient (Wildman–Crippen LogP) is 3.61. The topological polar surface area (TPSA) is 92.8 Å². The summed E-state index contributed by atoms with van der Waals surface area (Å²) in [5, 5.41) is 2.96. The number of nitrogens with one attached hydrogen (secondary N) is 1. The molecule has 3 atom stereocenters. The zero-order valence-electron chi connectivity index (χ0n) is 18.7. The van der Waals surface area contributed by atoms with Crippen LogP contribution in [0.3, 0.4) is 0 Å². The van der Waals surface area contributed by atoms with E-state index in [1.807, 2.05) is 0 Å². The summed E-state index contributed by atoms with van der Waals surface area (Å²) in [5.74, 6) is -0.191. The molecule has 0 bridgehead atoms. The Balaban J connectivity index is 1.63. The summed E-state index contributed by atoms with van der Waals surface area (Å²) in [7, 11) is -2.41. The Morgan fingerprint density at radius 1 is 1.06 bits per heavy atom. The van der Waals surface area contributed by atoms with Crippen molar-refractivity contribution in [2.24, 2.45) is 11.8 Å². The van der Waals surface area contributed by atoms with Crippen molar-refractivity contribution in [1.82, 2.24) is 5.32 Å². The normalized spacial score (nSPS) is 20.9. The molecule has 0 unspecified atom stereocenters. The lowest BCUT2D eigenvalue weighted by Crippen LogP contribution is -2.45. The molecule has 1 saturated carbocycles. The summed E-state index contributed by atoms with van der Waals surface area (Å²) in [5.41, 5.74) is 0.573. The fourth-order valence-corrected chi connectivity index (χ4v) is 5.21. The maximum absolute atomic E-state index is 13.0. The zero-order chi connectivity index (χ0) is 23.3. The van der Waals surface area contributed by atoms with Gasteiger partial charge in [-0.05, 0) is 48.6 Å². The highest BCUT2D eigenvalue weighted by molar-refractivity contribution is 7.92. The van der Waals surface area contributed by atoms with Crippen LogP contribution in [0.25, 0.3) is 0 Å². The number of hydrogen-bond donors (Lipinski definition) is 1. The Morgan fingerprint density at radius 2 is 1.78 bits per heavy atom. The largest absolute Gasteiger partial charge is 0.452 e. The third-order valence-electron chi connectivity index (χ3n) is 6.24. The summed E-state index contributed by atoms with van der Waals surface area (Å²) in [6.07, 6.45) is 3.14. The molecule has 1 N–H and O–H groups in total. The number of nitrogens with zero attached hydrogens (tertiary/aromatic N) is 1. The molecule has 1 aliphatic carbocycles. The SMILES string of the molecule is C[C@@H]1[C@H](C)CCC[C@H]1NC(=O)COC(=O)c1cccc(S(=O)(=O)N(C)c2ccccc2)c1. The summed E-state index contributed by atoms with van der Waals surface area (Å²) in [6, 6.07) is 14.4. The van der Waals surface area contributed by atoms with Gasteiger partial charge in [0.25, 0.3) is 15.9 Å². The minimum atomic E-state index is -3.86.